The zero-order valence-corrected chi connectivity index (χ0v) is 36.6. The molecule has 0 radical (unpaired) electrons. The summed E-state index contributed by atoms with van der Waals surface area (Å²) in [6, 6.07) is -1.52. The van der Waals surface area contributed by atoms with Crippen LogP contribution in [-0.4, -0.2) is 59.9 Å². The molecule has 0 aromatic rings. The zero-order chi connectivity index (χ0) is 42.1. The summed E-state index contributed by atoms with van der Waals surface area (Å²) in [4.78, 5) is 46.0. The summed E-state index contributed by atoms with van der Waals surface area (Å²) in [7, 11) is -4.72. The first-order valence-corrected chi connectivity index (χ1v) is 23.7. The first-order valence-electron chi connectivity index (χ1n) is 22.2. The van der Waals surface area contributed by atoms with Gasteiger partial charge < -0.3 is 25.2 Å². The lowest BCUT2D eigenvalue weighted by Crippen LogP contribution is -2.34. The van der Waals surface area contributed by atoms with Crippen LogP contribution in [0.15, 0.2) is 48.6 Å². The Kier molecular flexibility index (Phi) is 38.4. The van der Waals surface area contributed by atoms with Crippen LogP contribution in [0.1, 0.15) is 187 Å². The molecule has 0 rings (SSSR count). The second kappa shape index (κ2) is 40.2. The Morgan fingerprint density at radius 3 is 1.42 bits per heavy atom. The molecule has 330 valence electrons. The third-order valence-corrected chi connectivity index (χ3v) is 10.3. The van der Waals surface area contributed by atoms with E-state index in [-0.39, 0.29) is 19.4 Å². The molecule has 0 heterocycles. The topological polar surface area (TPSA) is 172 Å². The Morgan fingerprint density at radius 1 is 0.544 bits per heavy atom. The molecule has 0 saturated heterocycles. The molecule has 0 aromatic carbocycles. The van der Waals surface area contributed by atoms with Crippen molar-refractivity contribution in [3.05, 3.63) is 48.6 Å². The van der Waals surface area contributed by atoms with Gasteiger partial charge in [0.25, 0.3) is 0 Å². The van der Waals surface area contributed by atoms with Crippen molar-refractivity contribution in [3.8, 4) is 0 Å². The molecule has 0 aromatic heterocycles. The molecule has 0 aliphatic rings. The van der Waals surface area contributed by atoms with Crippen molar-refractivity contribution in [2.45, 2.75) is 199 Å². The van der Waals surface area contributed by atoms with Crippen LogP contribution in [-0.2, 0) is 37.5 Å². The van der Waals surface area contributed by atoms with Gasteiger partial charge in [0.15, 0.2) is 6.10 Å². The standard InChI is InChI=1S/C45H80NO10P/c1-3-5-7-9-11-13-15-17-19-20-21-22-23-25-27-29-31-33-35-37-44(48)56-41(39-54-57(51,52)55-40-42(46)45(49)50)38-53-43(47)36-34-32-30-28-26-24-18-16-14-12-10-8-6-4-2/h10-13,16-19,41-42H,3-9,14-15,20-40,46H2,1-2H3,(H,49,50)(H,51,52)/b12-10-,13-11-,18-16-,19-17-. The quantitative estimate of drug-likeness (QED) is 0.0232. The van der Waals surface area contributed by atoms with Gasteiger partial charge in [0, 0.05) is 12.8 Å². The van der Waals surface area contributed by atoms with Gasteiger partial charge >= 0.3 is 25.7 Å². The number of hydrogen-bond acceptors (Lipinski definition) is 9. The monoisotopic (exact) mass is 826 g/mol. The number of unbranched alkanes of at least 4 members (excludes halogenated alkanes) is 19. The van der Waals surface area contributed by atoms with E-state index < -0.39 is 51.1 Å². The molecule has 0 aliphatic heterocycles. The molecular formula is C45H80NO10P. The van der Waals surface area contributed by atoms with Crippen molar-refractivity contribution in [3.63, 3.8) is 0 Å². The number of phosphoric ester groups is 1. The molecule has 0 spiro atoms. The van der Waals surface area contributed by atoms with Gasteiger partial charge in [0.1, 0.15) is 12.6 Å². The number of aliphatic carboxylic acids is 1. The van der Waals surface area contributed by atoms with Crippen LogP contribution in [0, 0.1) is 0 Å². The Bertz CT molecular complexity index is 1150. The lowest BCUT2D eigenvalue weighted by Gasteiger charge is -2.20. The number of hydrogen-bond donors (Lipinski definition) is 3. The number of esters is 2. The van der Waals surface area contributed by atoms with Crippen LogP contribution < -0.4 is 5.73 Å². The number of nitrogens with two attached hydrogens (primary N) is 1. The second-order valence-electron chi connectivity index (χ2n) is 14.8. The summed E-state index contributed by atoms with van der Waals surface area (Å²) >= 11 is 0. The maximum absolute atomic E-state index is 12.6. The summed E-state index contributed by atoms with van der Waals surface area (Å²) in [6.45, 7) is 2.72. The van der Waals surface area contributed by atoms with Gasteiger partial charge in [-0.1, -0.05) is 152 Å². The summed E-state index contributed by atoms with van der Waals surface area (Å²) < 4.78 is 32.7. The van der Waals surface area contributed by atoms with Gasteiger partial charge in [-0.25, -0.2) is 4.57 Å². The van der Waals surface area contributed by atoms with Gasteiger partial charge in [0.2, 0.25) is 0 Å². The zero-order valence-electron chi connectivity index (χ0n) is 35.7. The van der Waals surface area contributed by atoms with Gasteiger partial charge in [-0.3, -0.25) is 23.4 Å². The van der Waals surface area contributed by atoms with Gasteiger partial charge in [0.05, 0.1) is 13.2 Å². The van der Waals surface area contributed by atoms with E-state index in [0.717, 1.165) is 77.0 Å². The molecule has 3 atom stereocenters. The number of carbonyl (C=O) groups excluding carboxylic acids is 2. The van der Waals surface area contributed by atoms with Gasteiger partial charge in [-0.2, -0.15) is 0 Å². The fraction of sp³-hybridized carbons (Fsp3) is 0.756. The molecule has 4 N–H and O–H groups in total. The van der Waals surface area contributed by atoms with E-state index in [2.05, 4.69) is 67.0 Å². The summed E-state index contributed by atoms with van der Waals surface area (Å²) in [5, 5.41) is 8.89. The third kappa shape index (κ3) is 40.0. The molecule has 57 heavy (non-hydrogen) atoms. The van der Waals surface area contributed by atoms with Crippen LogP contribution >= 0.6 is 7.82 Å². The van der Waals surface area contributed by atoms with E-state index in [1.165, 1.54) is 70.6 Å². The SMILES string of the molecule is CCCC/C=C\C/C=C\CCCCCCCC(=O)OCC(COP(=O)(O)OCC(N)C(=O)O)OC(=O)CCCCCCCCCCC/C=C\C/C=C\CCCCC. The fourth-order valence-corrected chi connectivity index (χ4v) is 6.54. The lowest BCUT2D eigenvalue weighted by molar-refractivity contribution is -0.161. The van der Waals surface area contributed by atoms with Crippen molar-refractivity contribution in [1.82, 2.24) is 0 Å². The number of ether oxygens (including phenoxy) is 2. The van der Waals surface area contributed by atoms with Crippen LogP contribution in [0.4, 0.5) is 0 Å². The summed E-state index contributed by atoms with van der Waals surface area (Å²) in [6.07, 6.45) is 44.5. The Balaban J connectivity index is 4.36. The first-order chi connectivity index (χ1) is 27.6. The molecule has 0 aliphatic carbocycles. The number of rotatable bonds is 41. The summed E-state index contributed by atoms with van der Waals surface area (Å²) in [5.41, 5.74) is 5.33. The highest BCUT2D eigenvalue weighted by Gasteiger charge is 2.28. The lowest BCUT2D eigenvalue weighted by atomic mass is 10.1. The van der Waals surface area contributed by atoms with E-state index in [9.17, 15) is 23.8 Å². The second-order valence-corrected chi connectivity index (χ2v) is 16.3. The maximum Gasteiger partial charge on any atom is 0.472 e. The van der Waals surface area contributed by atoms with Crippen LogP contribution in [0.3, 0.4) is 0 Å². The molecule has 11 nitrogen and oxygen atoms in total. The number of carbonyl (C=O) groups is 3. The van der Waals surface area contributed by atoms with Crippen LogP contribution in [0.25, 0.3) is 0 Å². The first kappa shape index (κ1) is 54.4. The van der Waals surface area contributed by atoms with Crippen molar-refractivity contribution >= 4 is 25.7 Å². The number of carboxylic acids is 1. The normalized spacial score (nSPS) is 14.2. The van der Waals surface area contributed by atoms with Gasteiger partial charge in [-0.05, 0) is 70.6 Å². The van der Waals surface area contributed by atoms with Crippen molar-refractivity contribution in [2.24, 2.45) is 5.73 Å². The predicted octanol–water partition coefficient (Wildman–Crippen LogP) is 11.8. The predicted molar refractivity (Wildman–Crippen MR) is 231 cm³/mol. The molecule has 12 heteroatoms. The number of carboxylic acid groups (broad SMARTS) is 1. The number of allylic oxidation sites excluding steroid dienone is 8. The highest BCUT2D eigenvalue weighted by molar-refractivity contribution is 7.47. The molecule has 0 amide bonds. The molecule has 0 fully saturated rings. The van der Waals surface area contributed by atoms with Crippen LogP contribution in [0.5, 0.6) is 0 Å². The van der Waals surface area contributed by atoms with E-state index >= 15 is 0 Å². The van der Waals surface area contributed by atoms with Crippen molar-refractivity contribution in [1.29, 1.82) is 0 Å². The molecule has 3 unspecified atom stereocenters. The van der Waals surface area contributed by atoms with Crippen LogP contribution in [0.2, 0.25) is 0 Å². The van der Waals surface area contributed by atoms with E-state index in [4.69, 9.17) is 24.8 Å². The molecular weight excluding hydrogens is 745 g/mol. The summed E-state index contributed by atoms with van der Waals surface area (Å²) in [5.74, 6) is -2.40. The van der Waals surface area contributed by atoms with E-state index in [1.54, 1.807) is 0 Å². The Morgan fingerprint density at radius 2 is 0.947 bits per heavy atom. The van der Waals surface area contributed by atoms with Crippen molar-refractivity contribution in [2.75, 3.05) is 19.8 Å². The van der Waals surface area contributed by atoms with Crippen molar-refractivity contribution < 1.29 is 47.5 Å². The Labute approximate surface area is 345 Å². The highest BCUT2D eigenvalue weighted by atomic mass is 31.2. The maximum atomic E-state index is 12.6. The molecule has 0 saturated carbocycles. The molecule has 0 bridgehead atoms. The minimum atomic E-state index is -4.72. The highest BCUT2D eigenvalue weighted by Crippen LogP contribution is 2.43. The Hall–Kier alpha value is -2.56. The fourth-order valence-electron chi connectivity index (χ4n) is 5.76. The smallest absolute Gasteiger partial charge is 0.472 e. The number of phosphoric acid groups is 1. The van der Waals surface area contributed by atoms with E-state index in [1.807, 2.05) is 0 Å². The average molecular weight is 826 g/mol. The average Bonchev–Trinajstić information content (AvgIpc) is 3.19. The third-order valence-electron chi connectivity index (χ3n) is 9.30. The van der Waals surface area contributed by atoms with E-state index in [0.29, 0.717) is 12.8 Å². The minimum Gasteiger partial charge on any atom is -0.480 e. The van der Waals surface area contributed by atoms with Gasteiger partial charge in [-0.15, -0.1) is 0 Å². The largest absolute Gasteiger partial charge is 0.480 e. The minimum absolute atomic E-state index is 0.152.